The Labute approximate surface area is 238 Å². The summed E-state index contributed by atoms with van der Waals surface area (Å²) in [6.45, 7) is 9.90. The molecule has 0 aliphatic carbocycles. The van der Waals surface area contributed by atoms with Crippen molar-refractivity contribution in [1.82, 2.24) is 24.8 Å². The number of hydrogen-bond acceptors (Lipinski definition) is 10. The molecule has 1 aliphatic rings. The molecule has 0 bridgehead atoms. The lowest BCUT2D eigenvalue weighted by Gasteiger charge is -2.28. The number of imidazole rings is 1. The molecule has 12 nitrogen and oxygen atoms in total. The second-order valence-corrected chi connectivity index (χ2v) is 11.2. The van der Waals surface area contributed by atoms with Crippen LogP contribution in [0.5, 0.6) is 5.75 Å². The number of methoxy groups -OCH3 is 1. The van der Waals surface area contributed by atoms with E-state index in [1.807, 2.05) is 23.7 Å². The van der Waals surface area contributed by atoms with E-state index in [-0.39, 0.29) is 6.54 Å². The van der Waals surface area contributed by atoms with Gasteiger partial charge in [-0.1, -0.05) is 24.8 Å². The highest BCUT2D eigenvalue weighted by molar-refractivity contribution is 7.98. The molecule has 2 aromatic heterocycles. The summed E-state index contributed by atoms with van der Waals surface area (Å²) in [4.78, 5) is 41.2. The fraction of sp³-hybridized carbons (Fsp3) is 0.519. The molecule has 1 aliphatic heterocycles. The van der Waals surface area contributed by atoms with E-state index in [9.17, 15) is 9.59 Å². The van der Waals surface area contributed by atoms with Crippen molar-refractivity contribution in [2.75, 3.05) is 50.2 Å². The van der Waals surface area contributed by atoms with E-state index in [1.165, 1.54) is 18.9 Å². The van der Waals surface area contributed by atoms with Crippen LogP contribution in [-0.2, 0) is 33.5 Å². The van der Waals surface area contributed by atoms with Crippen molar-refractivity contribution < 1.29 is 23.8 Å². The van der Waals surface area contributed by atoms with E-state index in [1.54, 1.807) is 26.8 Å². The molecule has 40 heavy (non-hydrogen) atoms. The number of aryl methyl sites for hydroxylation is 2. The molecule has 2 amide bonds. The molecule has 2 N–H and O–H groups in total. The Kier molecular flexibility index (Phi) is 9.36. The van der Waals surface area contributed by atoms with E-state index in [2.05, 4.69) is 22.5 Å². The van der Waals surface area contributed by atoms with Gasteiger partial charge in [0.25, 0.3) is 0 Å². The van der Waals surface area contributed by atoms with Crippen LogP contribution in [0.4, 0.5) is 16.3 Å². The molecule has 3 aromatic rings. The lowest BCUT2D eigenvalue weighted by molar-refractivity contribution is -0.115. The van der Waals surface area contributed by atoms with Crippen molar-refractivity contribution in [2.45, 2.75) is 50.6 Å². The number of fused-ring (bicyclic) bond motifs is 1. The molecule has 1 fully saturated rings. The molecule has 0 unspecified atom stereocenters. The summed E-state index contributed by atoms with van der Waals surface area (Å²) in [5, 5.41) is 5.91. The highest BCUT2D eigenvalue weighted by Gasteiger charge is 2.22. The minimum atomic E-state index is -0.660. The number of aromatic nitrogens is 4. The van der Waals surface area contributed by atoms with Crippen molar-refractivity contribution >= 4 is 46.4 Å². The van der Waals surface area contributed by atoms with E-state index in [0.29, 0.717) is 35.6 Å². The normalized spacial score (nSPS) is 13.8. The van der Waals surface area contributed by atoms with Crippen LogP contribution in [0.25, 0.3) is 11.2 Å². The third-order valence-corrected chi connectivity index (χ3v) is 7.02. The number of nitrogens with one attached hydrogen (secondary N) is 2. The average Bonchev–Trinajstić information content (AvgIpc) is 3.25. The first-order valence-electron chi connectivity index (χ1n) is 13.2. The fourth-order valence-corrected chi connectivity index (χ4v) is 4.98. The number of carbonyl (C=O) groups is 2. The summed E-state index contributed by atoms with van der Waals surface area (Å²) < 4.78 is 18.2. The average molecular weight is 572 g/mol. The standard InChI is InChI=1S/C27H37N7O5S/c1-7-20-30-22-23(33(20)5)31-25(32-24(22)34-10-12-38-13-11-34)40-16-17-8-9-19(37-6)18(14-17)29-21(35)15-28-26(36)39-27(2,3)4/h8-9,14H,7,10-13,15-16H2,1-6H3,(H,28,36)(H,29,35). The Morgan fingerprint density at radius 3 is 2.58 bits per heavy atom. The van der Waals surface area contributed by atoms with E-state index in [0.717, 1.165) is 47.9 Å². The molecule has 1 aromatic carbocycles. The monoisotopic (exact) mass is 571 g/mol. The molecule has 1 saturated heterocycles. The molecular weight excluding hydrogens is 534 g/mol. The first-order chi connectivity index (χ1) is 19.1. The van der Waals surface area contributed by atoms with Crippen LogP contribution in [0, 0.1) is 0 Å². The van der Waals surface area contributed by atoms with Gasteiger partial charge in [0, 0.05) is 32.3 Å². The van der Waals surface area contributed by atoms with Crippen molar-refractivity contribution in [3.05, 3.63) is 29.6 Å². The van der Waals surface area contributed by atoms with Crippen molar-refractivity contribution in [2.24, 2.45) is 7.05 Å². The maximum atomic E-state index is 12.5. The Hall–Kier alpha value is -3.58. The van der Waals surface area contributed by atoms with Crippen LogP contribution in [0.1, 0.15) is 39.1 Å². The zero-order chi connectivity index (χ0) is 28.9. The van der Waals surface area contributed by atoms with Crippen LogP contribution in [0.15, 0.2) is 23.4 Å². The lowest BCUT2D eigenvalue weighted by Crippen LogP contribution is -2.37. The fourth-order valence-electron chi connectivity index (χ4n) is 4.20. The first kappa shape index (κ1) is 29.4. The second-order valence-electron chi connectivity index (χ2n) is 10.3. The molecule has 4 rings (SSSR count). The number of amides is 2. The van der Waals surface area contributed by atoms with Gasteiger partial charge in [-0.2, -0.15) is 0 Å². The number of anilines is 2. The topological polar surface area (TPSA) is 133 Å². The molecule has 0 radical (unpaired) electrons. The van der Waals surface area contributed by atoms with Gasteiger partial charge < -0.3 is 34.3 Å². The Morgan fingerprint density at radius 1 is 1.15 bits per heavy atom. The maximum absolute atomic E-state index is 12.5. The Bertz CT molecular complexity index is 1370. The Balaban J connectivity index is 1.49. The molecule has 216 valence electrons. The summed E-state index contributed by atoms with van der Waals surface area (Å²) in [7, 11) is 3.52. The van der Waals surface area contributed by atoms with Crippen molar-refractivity contribution in [3.63, 3.8) is 0 Å². The number of carbonyl (C=O) groups excluding carboxylic acids is 2. The number of benzene rings is 1. The number of hydrogen-bond donors (Lipinski definition) is 2. The van der Waals surface area contributed by atoms with Crippen LogP contribution >= 0.6 is 11.8 Å². The van der Waals surface area contributed by atoms with Gasteiger partial charge in [0.05, 0.1) is 26.0 Å². The molecule has 3 heterocycles. The summed E-state index contributed by atoms with van der Waals surface area (Å²) in [6.07, 6.45) is 0.138. The smallest absolute Gasteiger partial charge is 0.408 e. The van der Waals surface area contributed by atoms with E-state index >= 15 is 0 Å². The first-order valence-corrected chi connectivity index (χ1v) is 14.2. The highest BCUT2D eigenvalue weighted by Crippen LogP contribution is 2.31. The number of thioether (sulfide) groups is 1. The summed E-state index contributed by atoms with van der Waals surface area (Å²) in [5.41, 5.74) is 2.40. The summed E-state index contributed by atoms with van der Waals surface area (Å²) >= 11 is 1.50. The van der Waals surface area contributed by atoms with E-state index < -0.39 is 17.6 Å². The number of rotatable bonds is 9. The van der Waals surface area contributed by atoms with Gasteiger partial charge in [0.1, 0.15) is 23.7 Å². The molecule has 0 spiro atoms. The SMILES string of the molecule is CCc1nc2c(N3CCOCC3)nc(SCc3ccc(OC)c(NC(=O)CNC(=O)OC(C)(C)C)c3)nc2n1C. The van der Waals surface area contributed by atoms with Gasteiger partial charge in [-0.15, -0.1) is 0 Å². The van der Waals surface area contributed by atoms with Gasteiger partial charge in [-0.3, -0.25) is 4.79 Å². The van der Waals surface area contributed by atoms with Gasteiger partial charge in [0.15, 0.2) is 22.1 Å². The van der Waals surface area contributed by atoms with Crippen LogP contribution in [-0.4, -0.2) is 77.1 Å². The number of ether oxygens (including phenoxy) is 3. The quantitative estimate of drug-likeness (QED) is 0.290. The number of nitrogens with zero attached hydrogens (tertiary/aromatic N) is 5. The summed E-state index contributed by atoms with van der Waals surface area (Å²) in [6, 6.07) is 5.57. The van der Waals surface area contributed by atoms with Gasteiger partial charge in [0.2, 0.25) is 5.91 Å². The third kappa shape index (κ3) is 7.33. The molecule has 13 heteroatoms. The van der Waals surface area contributed by atoms with Crippen LogP contribution in [0.2, 0.25) is 0 Å². The highest BCUT2D eigenvalue weighted by atomic mass is 32.2. The van der Waals surface area contributed by atoms with Gasteiger partial charge >= 0.3 is 6.09 Å². The minimum absolute atomic E-state index is 0.236. The molecular formula is C27H37N7O5S. The largest absolute Gasteiger partial charge is 0.495 e. The predicted octanol–water partition coefficient (Wildman–Crippen LogP) is 3.53. The minimum Gasteiger partial charge on any atom is -0.495 e. The third-order valence-electron chi connectivity index (χ3n) is 6.10. The van der Waals surface area contributed by atoms with Gasteiger partial charge in [-0.05, 0) is 38.5 Å². The van der Waals surface area contributed by atoms with Gasteiger partial charge in [-0.25, -0.2) is 19.7 Å². The maximum Gasteiger partial charge on any atom is 0.408 e. The summed E-state index contributed by atoms with van der Waals surface area (Å²) in [5.74, 6) is 2.45. The molecule has 0 atom stereocenters. The molecule has 0 saturated carbocycles. The lowest BCUT2D eigenvalue weighted by atomic mass is 10.2. The predicted molar refractivity (Wildman–Crippen MR) is 154 cm³/mol. The van der Waals surface area contributed by atoms with Crippen LogP contribution < -0.4 is 20.3 Å². The zero-order valence-corrected chi connectivity index (χ0v) is 24.7. The number of alkyl carbamates (subject to hydrolysis) is 1. The zero-order valence-electron chi connectivity index (χ0n) is 23.9. The van der Waals surface area contributed by atoms with E-state index in [4.69, 9.17) is 29.2 Å². The van der Waals surface area contributed by atoms with Crippen molar-refractivity contribution in [3.8, 4) is 5.75 Å². The Morgan fingerprint density at radius 2 is 1.90 bits per heavy atom. The second kappa shape index (κ2) is 12.7. The van der Waals surface area contributed by atoms with Crippen LogP contribution in [0.3, 0.4) is 0 Å². The van der Waals surface area contributed by atoms with Crippen molar-refractivity contribution in [1.29, 1.82) is 0 Å². The number of morpholine rings is 1.